The van der Waals surface area contributed by atoms with Gasteiger partial charge in [-0.15, -0.1) is 0 Å². The zero-order valence-electron chi connectivity index (χ0n) is 22.5. The van der Waals surface area contributed by atoms with Crippen LogP contribution in [0.25, 0.3) is 0 Å². The number of ketones is 1. The van der Waals surface area contributed by atoms with E-state index in [0.717, 1.165) is 56.9 Å². The molecule has 0 aromatic heterocycles. The van der Waals surface area contributed by atoms with Crippen molar-refractivity contribution in [1.29, 1.82) is 0 Å². The minimum atomic E-state index is -0.684. The smallest absolute Gasteiger partial charge is 0.309 e. The van der Waals surface area contributed by atoms with Crippen LogP contribution in [0.2, 0.25) is 0 Å². The highest BCUT2D eigenvalue weighted by atomic mass is 17.1. The van der Waals surface area contributed by atoms with Crippen molar-refractivity contribution < 1.29 is 24.8 Å². The van der Waals surface area contributed by atoms with Gasteiger partial charge in [-0.05, 0) is 109 Å². The van der Waals surface area contributed by atoms with Crippen LogP contribution >= 0.6 is 0 Å². The van der Waals surface area contributed by atoms with Crippen molar-refractivity contribution in [2.45, 2.75) is 98.8 Å². The van der Waals surface area contributed by atoms with Crippen molar-refractivity contribution in [3.8, 4) is 0 Å². The summed E-state index contributed by atoms with van der Waals surface area (Å²) in [7, 11) is 0. The van der Waals surface area contributed by atoms with Gasteiger partial charge in [-0.1, -0.05) is 41.2 Å². The van der Waals surface area contributed by atoms with Gasteiger partial charge in [-0.3, -0.25) is 14.8 Å². The molecule has 5 nitrogen and oxygen atoms in total. The van der Waals surface area contributed by atoms with Gasteiger partial charge in [0.25, 0.3) is 0 Å². The summed E-state index contributed by atoms with van der Waals surface area (Å²) in [5.41, 5.74) is 0.252. The first kappa shape index (κ1) is 25.4. The minimum Gasteiger partial charge on any atom is -0.481 e. The Labute approximate surface area is 211 Å². The van der Waals surface area contributed by atoms with E-state index in [1.54, 1.807) is 0 Å². The number of carbonyl (C=O) groups excluding carboxylic acids is 1. The molecule has 9 atom stereocenters. The molecular weight excluding hydrogens is 440 g/mol. The largest absolute Gasteiger partial charge is 0.481 e. The lowest BCUT2D eigenvalue weighted by Gasteiger charge is -2.72. The molecule has 5 aliphatic rings. The Morgan fingerprint density at radius 1 is 0.943 bits per heavy atom. The summed E-state index contributed by atoms with van der Waals surface area (Å²) in [4.78, 5) is 30.2. The van der Waals surface area contributed by atoms with Gasteiger partial charge in [0.1, 0.15) is 12.4 Å². The van der Waals surface area contributed by atoms with Crippen LogP contribution in [0.5, 0.6) is 0 Å². The Morgan fingerprint density at radius 3 is 2.31 bits per heavy atom. The Hall–Kier alpha value is -1.20. The molecule has 0 radical (unpaired) electrons. The van der Waals surface area contributed by atoms with Crippen molar-refractivity contribution in [2.75, 3.05) is 6.61 Å². The molecule has 0 aromatic carbocycles. The van der Waals surface area contributed by atoms with Gasteiger partial charge >= 0.3 is 5.97 Å². The molecule has 0 aromatic rings. The molecule has 5 heteroatoms. The maximum atomic E-state index is 12.9. The van der Waals surface area contributed by atoms with E-state index in [0.29, 0.717) is 36.4 Å². The standard InChI is InChI=1S/C30H46O5/c1-18(17-35-34)19-9-14-30(25(32)33)16-15-28(5)20(24(19)30)7-8-22-27(4)12-11-23(31)26(2,3)21(27)10-13-29(22,28)6/h19-22,24,34H,1,7-17H2,2-6H3,(H,32,33)/t19-,20+,21-,22+,24+,27-,28+,29+,30-/m0/s1. The van der Waals surface area contributed by atoms with Gasteiger partial charge in [-0.2, -0.15) is 0 Å². The van der Waals surface area contributed by atoms with E-state index >= 15 is 0 Å². The molecule has 0 amide bonds. The third-order valence-electron chi connectivity index (χ3n) is 13.4. The van der Waals surface area contributed by atoms with Crippen LogP contribution in [-0.4, -0.2) is 28.7 Å². The van der Waals surface area contributed by atoms with E-state index in [-0.39, 0.29) is 40.1 Å². The van der Waals surface area contributed by atoms with Crippen LogP contribution in [0, 0.1) is 56.7 Å². The molecule has 5 rings (SSSR count). The highest BCUT2D eigenvalue weighted by molar-refractivity contribution is 5.85. The number of carboxylic acids is 1. The van der Waals surface area contributed by atoms with Gasteiger partial charge in [0.05, 0.1) is 5.41 Å². The molecule has 0 saturated heterocycles. The van der Waals surface area contributed by atoms with E-state index in [4.69, 9.17) is 5.26 Å². The number of rotatable bonds is 4. The third kappa shape index (κ3) is 3.06. The van der Waals surface area contributed by atoms with Gasteiger partial charge in [0.15, 0.2) is 0 Å². The van der Waals surface area contributed by atoms with Crippen molar-refractivity contribution in [3.63, 3.8) is 0 Å². The Bertz CT molecular complexity index is 939. The van der Waals surface area contributed by atoms with Crippen molar-refractivity contribution in [3.05, 3.63) is 12.2 Å². The third-order valence-corrected chi connectivity index (χ3v) is 13.4. The molecule has 196 valence electrons. The topological polar surface area (TPSA) is 83.8 Å². The molecule has 5 aliphatic carbocycles. The number of hydrogen-bond acceptors (Lipinski definition) is 4. The molecule has 0 aliphatic heterocycles. The summed E-state index contributed by atoms with van der Waals surface area (Å²) in [6.45, 7) is 16.2. The predicted octanol–water partition coefficient (Wildman–Crippen LogP) is 6.77. The fourth-order valence-corrected chi connectivity index (χ4v) is 11.4. The van der Waals surface area contributed by atoms with Crippen molar-refractivity contribution in [1.82, 2.24) is 0 Å². The number of aliphatic carboxylic acids is 1. The second kappa shape index (κ2) is 7.90. The predicted molar refractivity (Wildman–Crippen MR) is 135 cm³/mol. The summed E-state index contributed by atoms with van der Waals surface area (Å²) in [6, 6.07) is 0. The van der Waals surface area contributed by atoms with Crippen LogP contribution < -0.4 is 0 Å². The van der Waals surface area contributed by atoms with Gasteiger partial charge in [0.2, 0.25) is 0 Å². The molecule has 2 N–H and O–H groups in total. The Morgan fingerprint density at radius 2 is 1.66 bits per heavy atom. The normalized spacial score (nSPS) is 50.5. The van der Waals surface area contributed by atoms with E-state index in [2.05, 4.69) is 46.1 Å². The summed E-state index contributed by atoms with van der Waals surface area (Å²) in [5.74, 6) is 1.25. The fraction of sp³-hybridized carbons (Fsp3) is 0.867. The molecule has 5 fully saturated rings. The summed E-state index contributed by atoms with van der Waals surface area (Å²) in [6.07, 6.45) is 9.30. The second-order valence-electron chi connectivity index (χ2n) is 14.4. The van der Waals surface area contributed by atoms with Crippen LogP contribution in [0.15, 0.2) is 12.2 Å². The lowest BCUT2D eigenvalue weighted by molar-refractivity contribution is -0.241. The van der Waals surface area contributed by atoms with Crippen LogP contribution in [0.3, 0.4) is 0 Å². The SMILES string of the molecule is C=C(COO)[C@@H]1CC[C@]2(C(=O)O)CC[C@]3(C)[C@H](CC[C@@H]4[C@@]5(C)CCC(=O)C(C)(C)[C@@H]5CC[C@]43C)[C@@H]12. The molecule has 35 heavy (non-hydrogen) atoms. The van der Waals surface area contributed by atoms with Gasteiger partial charge < -0.3 is 5.11 Å². The fourth-order valence-electron chi connectivity index (χ4n) is 11.4. The summed E-state index contributed by atoms with van der Waals surface area (Å²) >= 11 is 0. The zero-order chi connectivity index (χ0) is 25.6. The zero-order valence-corrected chi connectivity index (χ0v) is 22.5. The molecule has 0 unspecified atom stereocenters. The monoisotopic (exact) mass is 486 g/mol. The first-order chi connectivity index (χ1) is 16.3. The van der Waals surface area contributed by atoms with E-state index in [1.807, 2.05) is 0 Å². The molecule has 0 heterocycles. The number of hydrogen-bond donors (Lipinski definition) is 2. The lowest BCUT2D eigenvalue weighted by Crippen LogP contribution is -2.66. The minimum absolute atomic E-state index is 0.0501. The lowest BCUT2D eigenvalue weighted by atomic mass is 9.32. The van der Waals surface area contributed by atoms with Crippen LogP contribution in [0.1, 0.15) is 98.8 Å². The summed E-state index contributed by atoms with van der Waals surface area (Å²) < 4.78 is 0. The Kier molecular flexibility index (Phi) is 5.74. The first-order valence-corrected chi connectivity index (χ1v) is 14.0. The average molecular weight is 487 g/mol. The quantitative estimate of drug-likeness (QED) is 0.260. The van der Waals surface area contributed by atoms with Gasteiger partial charge in [-0.25, -0.2) is 4.89 Å². The number of carboxylic acid groups (broad SMARTS) is 1. The van der Waals surface area contributed by atoms with E-state index in [1.165, 1.54) is 0 Å². The first-order valence-electron chi connectivity index (χ1n) is 14.0. The van der Waals surface area contributed by atoms with E-state index in [9.17, 15) is 14.7 Å². The highest BCUT2D eigenvalue weighted by Crippen LogP contribution is 2.77. The van der Waals surface area contributed by atoms with Gasteiger partial charge in [0, 0.05) is 11.8 Å². The van der Waals surface area contributed by atoms with Crippen LogP contribution in [0.4, 0.5) is 0 Å². The number of fused-ring (bicyclic) bond motifs is 7. The van der Waals surface area contributed by atoms with Crippen molar-refractivity contribution >= 4 is 11.8 Å². The second-order valence-corrected chi connectivity index (χ2v) is 14.4. The van der Waals surface area contributed by atoms with Crippen LogP contribution in [-0.2, 0) is 14.5 Å². The average Bonchev–Trinajstić information content (AvgIpc) is 3.18. The molecule has 0 bridgehead atoms. The van der Waals surface area contributed by atoms with Crippen molar-refractivity contribution in [2.24, 2.45) is 56.7 Å². The maximum Gasteiger partial charge on any atom is 0.309 e. The molecular formula is C30H46O5. The summed E-state index contributed by atoms with van der Waals surface area (Å²) in [5, 5.41) is 19.7. The number of Topliss-reactive ketones (excluding diaryl/α,β-unsaturated/α-hetero) is 1. The maximum absolute atomic E-state index is 12.9. The molecule has 5 saturated carbocycles. The molecule has 0 spiro atoms. The number of carbonyl (C=O) groups is 2. The van der Waals surface area contributed by atoms with E-state index < -0.39 is 11.4 Å². The Balaban J connectivity index is 1.55. The highest BCUT2D eigenvalue weighted by Gasteiger charge is 2.72.